The van der Waals surface area contributed by atoms with Crippen LogP contribution in [0.1, 0.15) is 77.0 Å². The molecule has 0 bridgehead atoms. The second-order valence-corrected chi connectivity index (χ2v) is 6.43. The van der Waals surface area contributed by atoms with E-state index in [0.29, 0.717) is 6.42 Å². The minimum absolute atomic E-state index is 0.0867. The number of carbonyl (C=O) groups excluding carboxylic acids is 3. The molecule has 23 heavy (non-hydrogen) atoms. The molecule has 6 nitrogen and oxygen atoms in total. The van der Waals surface area contributed by atoms with Gasteiger partial charge in [-0.25, -0.2) is 19.2 Å². The minimum Gasteiger partial charge on any atom is -0.245 e. The first kappa shape index (κ1) is 20.1. The van der Waals surface area contributed by atoms with Crippen molar-refractivity contribution in [1.82, 2.24) is 0 Å². The molecule has 1 heterocycles. The number of rotatable bonds is 12. The Bertz CT molecular complexity index is 397. The van der Waals surface area contributed by atoms with Crippen LogP contribution in [-0.4, -0.2) is 33.6 Å². The van der Waals surface area contributed by atoms with Gasteiger partial charge in [-0.1, -0.05) is 44.9 Å². The quantitative estimate of drug-likeness (QED) is 0.186. The molecule has 0 aromatic carbocycles. The molecule has 2 amide bonds. The van der Waals surface area contributed by atoms with Crippen LogP contribution in [0, 0.1) is 0 Å². The van der Waals surface area contributed by atoms with E-state index in [2.05, 4.69) is 17.5 Å². The molecule has 1 aliphatic heterocycles. The van der Waals surface area contributed by atoms with Crippen LogP contribution in [0.4, 0.5) is 0 Å². The van der Waals surface area contributed by atoms with E-state index in [4.69, 9.17) is 0 Å². The van der Waals surface area contributed by atoms with Crippen molar-refractivity contribution in [3.8, 4) is 0 Å². The van der Waals surface area contributed by atoms with Gasteiger partial charge in [0.2, 0.25) is 0 Å². The molecule has 0 radical (unpaired) electrons. The maximum Gasteiger partial charge on any atom is 0.397 e. The molecule has 0 aromatic rings. The summed E-state index contributed by atoms with van der Waals surface area (Å²) in [5.41, 5.74) is 0. The Kier molecular flexibility index (Phi) is 9.43. The van der Waals surface area contributed by atoms with Gasteiger partial charge in [-0.15, -0.1) is 0 Å². The second kappa shape index (κ2) is 10.8. The first-order valence-electron chi connectivity index (χ1n) is 8.52. The Morgan fingerprint density at radius 3 is 1.83 bits per heavy atom. The number of carbonyl (C=O) groups is 3. The van der Waals surface area contributed by atoms with E-state index in [0.717, 1.165) is 25.0 Å². The summed E-state index contributed by atoms with van der Waals surface area (Å²) in [7, 11) is 0. The molecule has 0 aliphatic carbocycles. The van der Waals surface area contributed by atoms with Crippen LogP contribution in [0.15, 0.2) is 0 Å². The minimum atomic E-state index is -1.80. The average Bonchev–Trinajstić information content (AvgIpc) is 2.76. The third-order valence-corrected chi connectivity index (χ3v) is 4.32. The number of hydrogen-bond donors (Lipinski definition) is 2. The molecule has 132 valence electrons. The molecule has 1 aliphatic rings. The van der Waals surface area contributed by atoms with Gasteiger partial charge in [0, 0.05) is 0 Å². The molecule has 1 N–H and O–H groups in total. The second-order valence-electron chi connectivity index (χ2n) is 5.98. The summed E-state index contributed by atoms with van der Waals surface area (Å²) < 4.78 is 0. The van der Waals surface area contributed by atoms with Crippen LogP contribution in [0.25, 0.3) is 0 Å². The van der Waals surface area contributed by atoms with Crippen molar-refractivity contribution < 1.29 is 29.2 Å². The normalized spacial score (nSPS) is 16.8. The van der Waals surface area contributed by atoms with E-state index >= 15 is 0 Å². The fourth-order valence-electron chi connectivity index (χ4n) is 2.57. The van der Waals surface area contributed by atoms with E-state index < -0.39 is 22.6 Å². The van der Waals surface area contributed by atoms with Crippen molar-refractivity contribution >= 4 is 30.4 Å². The highest BCUT2D eigenvalue weighted by Gasteiger charge is 2.55. The van der Waals surface area contributed by atoms with E-state index in [1.807, 2.05) is 0 Å². The number of imide groups is 1. The van der Waals surface area contributed by atoms with Crippen molar-refractivity contribution in [3.63, 3.8) is 0 Å². The number of nitrogens with zero attached hydrogens (tertiary/aromatic N) is 1. The molecule has 0 saturated carbocycles. The molecule has 7 heteroatoms. The van der Waals surface area contributed by atoms with Gasteiger partial charge >= 0.3 is 17.8 Å². The van der Waals surface area contributed by atoms with E-state index in [1.165, 1.54) is 32.1 Å². The predicted molar refractivity (Wildman–Crippen MR) is 87.4 cm³/mol. The molecular weight excluding hydrogens is 318 g/mol. The molecule has 0 spiro atoms. The van der Waals surface area contributed by atoms with Gasteiger partial charge in [-0.3, -0.25) is 0 Å². The van der Waals surface area contributed by atoms with Crippen LogP contribution >= 0.6 is 12.6 Å². The largest absolute Gasteiger partial charge is 0.397 e. The fourth-order valence-corrected chi connectivity index (χ4v) is 2.79. The zero-order chi connectivity index (χ0) is 17.1. The topological polar surface area (TPSA) is 80.7 Å². The van der Waals surface area contributed by atoms with Crippen molar-refractivity contribution in [2.75, 3.05) is 5.75 Å². The van der Waals surface area contributed by atoms with E-state index in [1.54, 1.807) is 0 Å². The first-order chi connectivity index (χ1) is 11.0. The van der Waals surface area contributed by atoms with Gasteiger partial charge in [0.15, 0.2) is 0 Å². The zero-order valence-electron chi connectivity index (χ0n) is 13.7. The van der Waals surface area contributed by atoms with Gasteiger partial charge in [0.25, 0.3) is 0 Å². The maximum atomic E-state index is 11.6. The van der Waals surface area contributed by atoms with Gasteiger partial charge in [0.05, 0.1) is 19.3 Å². The Morgan fingerprint density at radius 1 is 0.913 bits per heavy atom. The van der Waals surface area contributed by atoms with Crippen molar-refractivity contribution in [2.24, 2.45) is 0 Å². The summed E-state index contributed by atoms with van der Waals surface area (Å²) in [6, 6.07) is 0. The molecular formula is C16H28NO5S+. The summed E-state index contributed by atoms with van der Waals surface area (Å²) in [4.78, 5) is 37.3. The molecule has 1 fully saturated rings. The zero-order valence-corrected chi connectivity index (χ0v) is 14.6. The molecule has 1 saturated heterocycles. The third-order valence-electron chi connectivity index (χ3n) is 4.00. The summed E-state index contributed by atoms with van der Waals surface area (Å²) in [6.45, 7) is 0. The smallest absolute Gasteiger partial charge is 0.245 e. The third kappa shape index (κ3) is 7.01. The lowest BCUT2D eigenvalue weighted by Crippen LogP contribution is -2.50. The van der Waals surface area contributed by atoms with Crippen LogP contribution < -0.4 is 0 Å². The van der Waals surface area contributed by atoms with E-state index in [-0.39, 0.29) is 19.3 Å². The lowest BCUT2D eigenvalue weighted by atomic mass is 10.1. The van der Waals surface area contributed by atoms with Crippen molar-refractivity contribution in [2.45, 2.75) is 77.0 Å². The highest BCUT2D eigenvalue weighted by Crippen LogP contribution is 2.21. The predicted octanol–water partition coefficient (Wildman–Crippen LogP) is 3.33. The lowest BCUT2D eigenvalue weighted by Gasteiger charge is -2.15. The summed E-state index contributed by atoms with van der Waals surface area (Å²) in [5, 5.41) is 9.75. The lowest BCUT2D eigenvalue weighted by molar-refractivity contribution is -1.12. The number of unbranched alkanes of at least 4 members (excludes halogenated alkanes) is 8. The Labute approximate surface area is 143 Å². The van der Waals surface area contributed by atoms with Gasteiger partial charge in [-0.2, -0.15) is 17.8 Å². The molecule has 0 aromatic heterocycles. The van der Waals surface area contributed by atoms with Gasteiger partial charge in [0.1, 0.15) is 4.81 Å². The van der Waals surface area contributed by atoms with E-state index in [9.17, 15) is 19.6 Å². The van der Waals surface area contributed by atoms with Crippen LogP contribution in [0.2, 0.25) is 0 Å². The summed E-state index contributed by atoms with van der Waals surface area (Å²) in [6.07, 6.45) is 9.81. The molecule has 1 rings (SSSR count). The fraction of sp³-hybridized carbons (Fsp3) is 0.812. The number of hydroxylamine groups is 4. The molecule has 0 atom stereocenters. The Morgan fingerprint density at radius 2 is 1.35 bits per heavy atom. The van der Waals surface area contributed by atoms with Gasteiger partial charge in [-0.05, 0) is 18.6 Å². The van der Waals surface area contributed by atoms with Crippen molar-refractivity contribution in [3.05, 3.63) is 0 Å². The monoisotopic (exact) mass is 346 g/mol. The first-order valence-corrected chi connectivity index (χ1v) is 9.16. The number of thiol groups is 1. The highest BCUT2D eigenvalue weighted by atomic mass is 32.1. The average molecular weight is 346 g/mol. The Balaban J connectivity index is 2.02. The summed E-state index contributed by atoms with van der Waals surface area (Å²) in [5.74, 6) is -1.30. The van der Waals surface area contributed by atoms with Gasteiger partial charge < -0.3 is 0 Å². The SMILES string of the molecule is O=C(CCCCCCCCCCCS)O[N+]1(O)C(=O)CCC1=O. The number of hydrogen-bond acceptors (Lipinski definition) is 6. The number of amides is 2. The maximum absolute atomic E-state index is 11.6. The van der Waals surface area contributed by atoms with Crippen molar-refractivity contribution in [1.29, 1.82) is 0 Å². The van der Waals surface area contributed by atoms with Crippen LogP contribution in [0.5, 0.6) is 0 Å². The molecule has 0 unspecified atom stereocenters. The highest BCUT2D eigenvalue weighted by molar-refractivity contribution is 7.80. The Hall–Kier alpha value is -0.920. The van der Waals surface area contributed by atoms with Crippen LogP contribution in [0.3, 0.4) is 0 Å². The standard InChI is InChI=1S/C16H27NO5S/c18-14-11-12-15(19)17(14,21)22-16(20)10-8-6-4-2-1-3-5-7-9-13-23/h21H,1-13H2/p+1. The number of quaternary nitrogens is 1. The van der Waals surface area contributed by atoms with Crippen LogP contribution in [-0.2, 0) is 19.2 Å². The summed E-state index contributed by atoms with van der Waals surface area (Å²) >= 11 is 4.18.